The van der Waals surface area contributed by atoms with Gasteiger partial charge in [0.05, 0.1) is 0 Å². The number of aryl methyl sites for hydroxylation is 1. The molecule has 4 nitrogen and oxygen atoms in total. The van der Waals surface area contributed by atoms with Crippen LogP contribution in [0.25, 0.3) is 0 Å². The maximum absolute atomic E-state index is 12.8. The lowest BCUT2D eigenvalue weighted by Crippen LogP contribution is -2.49. The fraction of sp³-hybridized carbons (Fsp3) is 0.588. The molecule has 0 saturated carbocycles. The van der Waals surface area contributed by atoms with Gasteiger partial charge in [-0.3, -0.25) is 9.69 Å². The van der Waals surface area contributed by atoms with Gasteiger partial charge in [0.1, 0.15) is 0 Å². The molecule has 0 radical (unpaired) electrons. The number of nitrogens with zero attached hydrogens (tertiary/aromatic N) is 2. The van der Waals surface area contributed by atoms with Crippen molar-refractivity contribution in [1.29, 1.82) is 0 Å². The molecule has 1 aromatic rings. The minimum atomic E-state index is 0. The molecule has 1 amide bonds. The first kappa shape index (κ1) is 17.3. The van der Waals surface area contributed by atoms with Gasteiger partial charge in [0.25, 0.3) is 5.91 Å². The van der Waals surface area contributed by atoms with E-state index in [2.05, 4.69) is 23.2 Å². The highest BCUT2D eigenvalue weighted by Gasteiger charge is 2.31. The zero-order valence-electron chi connectivity index (χ0n) is 13.3. The zero-order chi connectivity index (χ0) is 14.7. The molecule has 1 unspecified atom stereocenters. The monoisotopic (exact) mass is 323 g/mol. The number of carbonyl (C=O) groups is 1. The van der Waals surface area contributed by atoms with Crippen LogP contribution in [0.2, 0.25) is 0 Å². The van der Waals surface area contributed by atoms with Crippen LogP contribution in [0.4, 0.5) is 0 Å². The van der Waals surface area contributed by atoms with Gasteiger partial charge in [-0.2, -0.15) is 0 Å². The van der Waals surface area contributed by atoms with E-state index >= 15 is 0 Å². The summed E-state index contributed by atoms with van der Waals surface area (Å²) in [6.07, 6.45) is 2.02. The molecule has 2 saturated heterocycles. The van der Waals surface area contributed by atoms with Crippen LogP contribution >= 0.6 is 12.4 Å². The highest BCUT2D eigenvalue weighted by atomic mass is 35.5. The molecule has 2 fully saturated rings. The maximum atomic E-state index is 12.8. The van der Waals surface area contributed by atoms with Crippen LogP contribution in [0.15, 0.2) is 24.3 Å². The Morgan fingerprint density at radius 2 is 1.95 bits per heavy atom. The number of hydrogen-bond acceptors (Lipinski definition) is 3. The molecule has 0 aliphatic carbocycles. The Labute approximate surface area is 139 Å². The second-order valence-corrected chi connectivity index (χ2v) is 5.99. The molecule has 22 heavy (non-hydrogen) atoms. The predicted molar refractivity (Wildman–Crippen MR) is 91.8 cm³/mol. The number of piperazine rings is 1. The average Bonchev–Trinajstić information content (AvgIpc) is 3.05. The van der Waals surface area contributed by atoms with Crippen LogP contribution in [0, 0.1) is 0 Å². The van der Waals surface area contributed by atoms with Crippen LogP contribution in [-0.4, -0.2) is 61.0 Å². The summed E-state index contributed by atoms with van der Waals surface area (Å²) in [6.45, 7) is 8.25. The molecule has 1 atom stereocenters. The van der Waals surface area contributed by atoms with Crippen LogP contribution in [0.5, 0.6) is 0 Å². The van der Waals surface area contributed by atoms with E-state index < -0.39 is 0 Å². The molecule has 122 valence electrons. The Balaban J connectivity index is 0.00000176. The summed E-state index contributed by atoms with van der Waals surface area (Å²) in [4.78, 5) is 17.3. The highest BCUT2D eigenvalue weighted by Crippen LogP contribution is 2.20. The minimum absolute atomic E-state index is 0. The van der Waals surface area contributed by atoms with E-state index in [1.165, 1.54) is 0 Å². The third-order valence-electron chi connectivity index (χ3n) is 4.75. The molecular formula is C17H26ClN3O. The molecule has 2 aliphatic rings. The van der Waals surface area contributed by atoms with Gasteiger partial charge in [-0.1, -0.05) is 25.1 Å². The van der Waals surface area contributed by atoms with Gasteiger partial charge < -0.3 is 10.2 Å². The van der Waals surface area contributed by atoms with Crippen molar-refractivity contribution in [2.24, 2.45) is 0 Å². The normalized spacial score (nSPS) is 22.4. The zero-order valence-corrected chi connectivity index (χ0v) is 14.1. The number of likely N-dealkylation sites (tertiary alicyclic amines) is 1. The van der Waals surface area contributed by atoms with Crippen LogP contribution in [-0.2, 0) is 6.42 Å². The fourth-order valence-corrected chi connectivity index (χ4v) is 3.48. The number of hydrogen-bond donors (Lipinski definition) is 1. The van der Waals surface area contributed by atoms with E-state index in [0.717, 1.165) is 63.2 Å². The van der Waals surface area contributed by atoms with Gasteiger partial charge in [-0.05, 0) is 24.5 Å². The SMILES string of the molecule is CCc1ccccc1C(=O)N1CCC(N2CCNCC2)C1.Cl. The number of halogens is 1. The van der Waals surface area contributed by atoms with Gasteiger partial charge in [0.15, 0.2) is 0 Å². The summed E-state index contributed by atoms with van der Waals surface area (Å²) in [5.41, 5.74) is 2.05. The molecule has 5 heteroatoms. The third kappa shape index (κ3) is 3.62. The van der Waals surface area contributed by atoms with Crippen molar-refractivity contribution in [2.45, 2.75) is 25.8 Å². The number of benzene rings is 1. The van der Waals surface area contributed by atoms with Crippen LogP contribution in [0.3, 0.4) is 0 Å². The number of amides is 1. The first-order chi connectivity index (χ1) is 10.3. The van der Waals surface area contributed by atoms with E-state index in [-0.39, 0.29) is 18.3 Å². The number of carbonyl (C=O) groups excluding carboxylic acids is 1. The van der Waals surface area contributed by atoms with E-state index in [9.17, 15) is 4.79 Å². The Kier molecular flexibility index (Phi) is 6.24. The van der Waals surface area contributed by atoms with Crippen molar-refractivity contribution in [3.05, 3.63) is 35.4 Å². The third-order valence-corrected chi connectivity index (χ3v) is 4.75. The Hall–Kier alpha value is -1.10. The Bertz CT molecular complexity index is 502. The standard InChI is InChI=1S/C17H25N3O.ClH/c1-2-14-5-3-4-6-16(14)17(21)20-10-7-15(13-20)19-11-8-18-9-12-19;/h3-6,15,18H,2,7-13H2,1H3;1H. The summed E-state index contributed by atoms with van der Waals surface area (Å²) in [7, 11) is 0. The Morgan fingerprint density at radius 1 is 1.23 bits per heavy atom. The molecule has 3 rings (SSSR count). The van der Waals surface area contributed by atoms with Crippen molar-refractivity contribution in [3.8, 4) is 0 Å². The van der Waals surface area contributed by atoms with Gasteiger partial charge in [0.2, 0.25) is 0 Å². The summed E-state index contributed by atoms with van der Waals surface area (Å²) >= 11 is 0. The summed E-state index contributed by atoms with van der Waals surface area (Å²) in [6, 6.07) is 8.57. The molecule has 0 aromatic heterocycles. The first-order valence-corrected chi connectivity index (χ1v) is 8.11. The minimum Gasteiger partial charge on any atom is -0.337 e. The topological polar surface area (TPSA) is 35.6 Å². The molecular weight excluding hydrogens is 298 g/mol. The second kappa shape index (κ2) is 7.95. The molecule has 0 spiro atoms. The van der Waals surface area contributed by atoms with Gasteiger partial charge >= 0.3 is 0 Å². The maximum Gasteiger partial charge on any atom is 0.254 e. The van der Waals surface area contributed by atoms with E-state index in [0.29, 0.717) is 6.04 Å². The quantitative estimate of drug-likeness (QED) is 0.921. The van der Waals surface area contributed by atoms with Gasteiger partial charge in [-0.15, -0.1) is 12.4 Å². The van der Waals surface area contributed by atoms with Crippen molar-refractivity contribution in [3.63, 3.8) is 0 Å². The number of nitrogens with one attached hydrogen (secondary N) is 1. The molecule has 1 aromatic carbocycles. The highest BCUT2D eigenvalue weighted by molar-refractivity contribution is 5.95. The van der Waals surface area contributed by atoms with Gasteiger partial charge in [0, 0.05) is 50.9 Å². The summed E-state index contributed by atoms with van der Waals surface area (Å²) in [5, 5.41) is 3.39. The van der Waals surface area contributed by atoms with Gasteiger partial charge in [-0.25, -0.2) is 0 Å². The van der Waals surface area contributed by atoms with Crippen molar-refractivity contribution < 1.29 is 4.79 Å². The van der Waals surface area contributed by atoms with E-state index in [4.69, 9.17) is 0 Å². The van der Waals surface area contributed by atoms with Crippen molar-refractivity contribution in [2.75, 3.05) is 39.3 Å². The van der Waals surface area contributed by atoms with Crippen molar-refractivity contribution in [1.82, 2.24) is 15.1 Å². The Morgan fingerprint density at radius 3 is 2.68 bits per heavy atom. The average molecular weight is 324 g/mol. The molecule has 2 aliphatic heterocycles. The van der Waals surface area contributed by atoms with Crippen LogP contribution in [0.1, 0.15) is 29.3 Å². The lowest BCUT2D eigenvalue weighted by atomic mass is 10.0. The molecule has 1 N–H and O–H groups in total. The lowest BCUT2D eigenvalue weighted by Gasteiger charge is -2.32. The second-order valence-electron chi connectivity index (χ2n) is 5.99. The first-order valence-electron chi connectivity index (χ1n) is 8.11. The summed E-state index contributed by atoms with van der Waals surface area (Å²) < 4.78 is 0. The molecule has 2 heterocycles. The summed E-state index contributed by atoms with van der Waals surface area (Å²) in [5.74, 6) is 0.213. The van der Waals surface area contributed by atoms with E-state index in [1.807, 2.05) is 23.1 Å². The smallest absolute Gasteiger partial charge is 0.254 e. The van der Waals surface area contributed by atoms with E-state index in [1.54, 1.807) is 0 Å². The predicted octanol–water partition coefficient (Wildman–Crippen LogP) is 1.79. The van der Waals surface area contributed by atoms with Crippen molar-refractivity contribution >= 4 is 18.3 Å². The largest absolute Gasteiger partial charge is 0.337 e. The lowest BCUT2D eigenvalue weighted by molar-refractivity contribution is 0.0772. The van der Waals surface area contributed by atoms with Crippen LogP contribution < -0.4 is 5.32 Å². The fourth-order valence-electron chi connectivity index (χ4n) is 3.48. The number of rotatable bonds is 3. The molecule has 0 bridgehead atoms.